The highest BCUT2D eigenvalue weighted by Crippen LogP contribution is 2.17. The molecule has 0 aliphatic rings. The Bertz CT molecular complexity index is 393. The van der Waals surface area contributed by atoms with Crippen molar-refractivity contribution in [1.82, 2.24) is 0 Å². The van der Waals surface area contributed by atoms with Crippen LogP contribution in [-0.2, 0) is 4.79 Å². The Morgan fingerprint density at radius 3 is 3.00 bits per heavy atom. The van der Waals surface area contributed by atoms with Crippen molar-refractivity contribution < 1.29 is 9.53 Å². The highest BCUT2D eigenvalue weighted by molar-refractivity contribution is 6.30. The SMILES string of the molecule is C#CCCCC(=O)COc1cccc(Cl)c1. The molecule has 0 fully saturated rings. The van der Waals surface area contributed by atoms with Crippen molar-refractivity contribution in [2.75, 3.05) is 6.61 Å². The van der Waals surface area contributed by atoms with Gasteiger partial charge in [-0.2, -0.15) is 0 Å². The molecule has 2 nitrogen and oxygen atoms in total. The number of Topliss-reactive ketones (excluding diaryl/α,β-unsaturated/α-hetero) is 1. The first-order chi connectivity index (χ1) is 7.72. The Morgan fingerprint density at radius 1 is 1.50 bits per heavy atom. The van der Waals surface area contributed by atoms with E-state index in [0.29, 0.717) is 30.0 Å². The van der Waals surface area contributed by atoms with E-state index in [1.165, 1.54) is 0 Å². The minimum atomic E-state index is 0.0511. The van der Waals surface area contributed by atoms with Gasteiger partial charge in [0.15, 0.2) is 5.78 Å². The largest absolute Gasteiger partial charge is 0.486 e. The predicted molar refractivity (Wildman–Crippen MR) is 64.6 cm³/mol. The van der Waals surface area contributed by atoms with Crippen LogP contribution in [0.2, 0.25) is 5.02 Å². The van der Waals surface area contributed by atoms with Crippen molar-refractivity contribution in [3.63, 3.8) is 0 Å². The van der Waals surface area contributed by atoms with Crippen LogP contribution in [0.3, 0.4) is 0 Å². The Labute approximate surface area is 101 Å². The highest BCUT2D eigenvalue weighted by Gasteiger charge is 2.02. The molecule has 1 aromatic carbocycles. The molecule has 0 bridgehead atoms. The van der Waals surface area contributed by atoms with Crippen LogP contribution in [0.5, 0.6) is 5.75 Å². The third kappa shape index (κ3) is 4.86. The molecule has 0 amide bonds. The van der Waals surface area contributed by atoms with Gasteiger partial charge in [0.05, 0.1) is 0 Å². The van der Waals surface area contributed by atoms with Gasteiger partial charge in [0.2, 0.25) is 0 Å². The summed E-state index contributed by atoms with van der Waals surface area (Å²) in [6, 6.07) is 6.97. The van der Waals surface area contributed by atoms with Crippen LogP contribution >= 0.6 is 11.6 Å². The average molecular weight is 237 g/mol. The van der Waals surface area contributed by atoms with E-state index in [0.717, 1.165) is 0 Å². The van der Waals surface area contributed by atoms with Gasteiger partial charge in [0, 0.05) is 17.9 Å². The van der Waals surface area contributed by atoms with Crippen molar-refractivity contribution in [3.8, 4) is 18.1 Å². The van der Waals surface area contributed by atoms with Gasteiger partial charge >= 0.3 is 0 Å². The molecule has 0 saturated heterocycles. The molecule has 3 heteroatoms. The lowest BCUT2D eigenvalue weighted by molar-refractivity contribution is -0.121. The number of unbranched alkanes of at least 4 members (excludes halogenated alkanes) is 1. The van der Waals surface area contributed by atoms with Crippen molar-refractivity contribution >= 4 is 17.4 Å². The number of carbonyl (C=O) groups excluding carboxylic acids is 1. The number of benzene rings is 1. The fourth-order valence-electron chi connectivity index (χ4n) is 1.18. The molecule has 1 rings (SSSR count). The molecule has 0 radical (unpaired) electrons. The lowest BCUT2D eigenvalue weighted by Crippen LogP contribution is -2.10. The minimum Gasteiger partial charge on any atom is -0.486 e. The number of carbonyl (C=O) groups is 1. The summed E-state index contributed by atoms with van der Waals surface area (Å²) in [5.74, 6) is 3.15. The maximum Gasteiger partial charge on any atom is 0.170 e. The van der Waals surface area contributed by atoms with Gasteiger partial charge in [-0.3, -0.25) is 4.79 Å². The van der Waals surface area contributed by atoms with Crippen LogP contribution in [0.25, 0.3) is 0 Å². The first-order valence-corrected chi connectivity index (χ1v) is 5.43. The highest BCUT2D eigenvalue weighted by atomic mass is 35.5. The van der Waals surface area contributed by atoms with Crippen molar-refractivity contribution in [2.24, 2.45) is 0 Å². The Kier molecular flexibility index (Phi) is 5.45. The normalized spacial score (nSPS) is 9.50. The summed E-state index contributed by atoms with van der Waals surface area (Å²) in [6.07, 6.45) is 6.90. The molecule has 0 saturated carbocycles. The Balaban J connectivity index is 2.29. The zero-order valence-corrected chi connectivity index (χ0v) is 9.67. The van der Waals surface area contributed by atoms with E-state index in [9.17, 15) is 4.79 Å². The zero-order chi connectivity index (χ0) is 11.8. The fraction of sp³-hybridized carbons (Fsp3) is 0.308. The van der Waals surface area contributed by atoms with E-state index in [-0.39, 0.29) is 12.4 Å². The summed E-state index contributed by atoms with van der Waals surface area (Å²) in [5, 5.41) is 0.595. The van der Waals surface area contributed by atoms with Gasteiger partial charge in [-0.25, -0.2) is 0 Å². The summed E-state index contributed by atoms with van der Waals surface area (Å²) >= 11 is 5.78. The van der Waals surface area contributed by atoms with Gasteiger partial charge in [0.1, 0.15) is 12.4 Å². The van der Waals surface area contributed by atoms with E-state index in [1.807, 2.05) is 0 Å². The standard InChI is InChI=1S/C13H13ClO2/c1-2-3-4-7-12(15)10-16-13-8-5-6-11(14)9-13/h1,5-6,8-9H,3-4,7,10H2. The van der Waals surface area contributed by atoms with Crippen LogP contribution in [0.15, 0.2) is 24.3 Å². The number of rotatable bonds is 6. The van der Waals surface area contributed by atoms with Gasteiger partial charge in [-0.05, 0) is 24.6 Å². The van der Waals surface area contributed by atoms with Crippen LogP contribution in [-0.4, -0.2) is 12.4 Å². The van der Waals surface area contributed by atoms with E-state index in [4.69, 9.17) is 22.8 Å². The molecule has 0 N–H and O–H groups in total. The van der Waals surface area contributed by atoms with Gasteiger partial charge < -0.3 is 4.74 Å². The van der Waals surface area contributed by atoms with Gasteiger partial charge in [-0.1, -0.05) is 17.7 Å². The van der Waals surface area contributed by atoms with Crippen molar-refractivity contribution in [3.05, 3.63) is 29.3 Å². The number of hydrogen-bond donors (Lipinski definition) is 0. The first-order valence-electron chi connectivity index (χ1n) is 5.06. The molecule has 0 atom stereocenters. The summed E-state index contributed by atoms with van der Waals surface area (Å²) in [6.45, 7) is 0.0743. The number of ketones is 1. The number of terminal acetylenes is 1. The summed E-state index contributed by atoms with van der Waals surface area (Å²) in [7, 11) is 0. The first kappa shape index (κ1) is 12.6. The topological polar surface area (TPSA) is 26.3 Å². The van der Waals surface area contributed by atoms with Crippen LogP contribution in [0.4, 0.5) is 0 Å². The maximum absolute atomic E-state index is 11.3. The maximum atomic E-state index is 11.3. The van der Waals surface area contributed by atoms with E-state index >= 15 is 0 Å². The molecule has 16 heavy (non-hydrogen) atoms. The smallest absolute Gasteiger partial charge is 0.170 e. The summed E-state index contributed by atoms with van der Waals surface area (Å²) < 4.78 is 5.29. The molecular weight excluding hydrogens is 224 g/mol. The second-order valence-corrected chi connectivity index (χ2v) is 3.78. The molecule has 0 unspecified atom stereocenters. The monoisotopic (exact) mass is 236 g/mol. The fourth-order valence-corrected chi connectivity index (χ4v) is 1.36. The van der Waals surface area contributed by atoms with Crippen molar-refractivity contribution in [2.45, 2.75) is 19.3 Å². The van der Waals surface area contributed by atoms with E-state index in [1.54, 1.807) is 24.3 Å². The average Bonchev–Trinajstić information content (AvgIpc) is 2.27. The number of ether oxygens (including phenoxy) is 1. The summed E-state index contributed by atoms with van der Waals surface area (Å²) in [4.78, 5) is 11.3. The third-order valence-electron chi connectivity index (χ3n) is 1.97. The molecule has 0 aromatic heterocycles. The number of halogens is 1. The molecule has 0 spiro atoms. The van der Waals surface area contributed by atoms with Gasteiger partial charge in [0.25, 0.3) is 0 Å². The molecule has 84 valence electrons. The Hall–Kier alpha value is -1.46. The zero-order valence-electron chi connectivity index (χ0n) is 8.91. The van der Waals surface area contributed by atoms with Crippen LogP contribution in [0.1, 0.15) is 19.3 Å². The molecule has 0 heterocycles. The molecular formula is C13H13ClO2. The quantitative estimate of drug-likeness (QED) is 0.561. The summed E-state index contributed by atoms with van der Waals surface area (Å²) in [5.41, 5.74) is 0. The molecule has 1 aromatic rings. The van der Waals surface area contributed by atoms with E-state index < -0.39 is 0 Å². The van der Waals surface area contributed by atoms with Crippen molar-refractivity contribution in [1.29, 1.82) is 0 Å². The predicted octanol–water partition coefficient (Wildman–Crippen LogP) is 3.09. The van der Waals surface area contributed by atoms with Crippen LogP contribution < -0.4 is 4.74 Å². The third-order valence-corrected chi connectivity index (χ3v) is 2.21. The van der Waals surface area contributed by atoms with Crippen LogP contribution in [0, 0.1) is 12.3 Å². The Morgan fingerprint density at radius 2 is 2.31 bits per heavy atom. The van der Waals surface area contributed by atoms with Gasteiger partial charge in [-0.15, -0.1) is 12.3 Å². The lowest BCUT2D eigenvalue weighted by Gasteiger charge is -2.05. The minimum absolute atomic E-state index is 0.0511. The van der Waals surface area contributed by atoms with E-state index in [2.05, 4.69) is 5.92 Å². The lowest BCUT2D eigenvalue weighted by atomic mass is 10.2. The number of hydrogen-bond acceptors (Lipinski definition) is 2. The molecule has 0 aliphatic carbocycles. The second kappa shape index (κ2) is 6.92. The molecule has 0 aliphatic heterocycles. The second-order valence-electron chi connectivity index (χ2n) is 3.34.